The molecular formula is C14H11BrFN3O. The van der Waals surface area contributed by atoms with Gasteiger partial charge in [0.2, 0.25) is 0 Å². The number of pyridine rings is 1. The van der Waals surface area contributed by atoms with Gasteiger partial charge in [-0.05, 0) is 34.8 Å². The second-order valence-electron chi connectivity index (χ2n) is 5.22. The Hall–Kier alpha value is -1.69. The Morgan fingerprint density at radius 2 is 2.15 bits per heavy atom. The molecule has 4 nitrogen and oxygen atoms in total. The molecule has 0 bridgehead atoms. The Morgan fingerprint density at radius 1 is 1.40 bits per heavy atom. The van der Waals surface area contributed by atoms with Crippen molar-refractivity contribution in [1.82, 2.24) is 14.1 Å². The minimum Gasteiger partial charge on any atom is -0.293 e. The fraction of sp³-hybridized carbons (Fsp3) is 0.286. The molecular weight excluding hydrogens is 325 g/mol. The normalized spacial score (nSPS) is 15.3. The summed E-state index contributed by atoms with van der Waals surface area (Å²) in [5.74, 6) is -0.347. The Labute approximate surface area is 122 Å². The van der Waals surface area contributed by atoms with Gasteiger partial charge in [0.25, 0.3) is 0 Å². The van der Waals surface area contributed by atoms with E-state index in [0.29, 0.717) is 9.99 Å². The van der Waals surface area contributed by atoms with Crippen molar-refractivity contribution in [1.29, 1.82) is 0 Å². The molecule has 102 valence electrons. The molecule has 2 heterocycles. The maximum atomic E-state index is 13.6. The lowest BCUT2D eigenvalue weighted by Gasteiger charge is -2.05. The number of rotatable bonds is 1. The molecule has 0 spiro atoms. The summed E-state index contributed by atoms with van der Waals surface area (Å²) in [7, 11) is 1.75. The van der Waals surface area contributed by atoms with Crippen LogP contribution in [0, 0.1) is 5.82 Å². The first-order valence-corrected chi connectivity index (χ1v) is 7.22. The second-order valence-corrected chi connectivity index (χ2v) is 6.07. The molecule has 0 N–H and O–H groups in total. The summed E-state index contributed by atoms with van der Waals surface area (Å²) in [6.45, 7) is 0. The van der Waals surface area contributed by atoms with Crippen LogP contribution in [0.3, 0.4) is 0 Å². The standard InChI is InChI=1S/C14H11BrFN3O/c1-18-12-6-17-11-5-10(16)9(15)4-8(11)13(12)19(14(18)20)7-2-3-7/h4-7H,2-3H2,1H3. The Morgan fingerprint density at radius 3 is 2.85 bits per heavy atom. The summed E-state index contributed by atoms with van der Waals surface area (Å²) in [4.78, 5) is 16.6. The van der Waals surface area contributed by atoms with Gasteiger partial charge < -0.3 is 0 Å². The molecule has 20 heavy (non-hydrogen) atoms. The van der Waals surface area contributed by atoms with Crippen molar-refractivity contribution in [2.24, 2.45) is 7.05 Å². The summed E-state index contributed by atoms with van der Waals surface area (Å²) in [6.07, 6.45) is 3.68. The van der Waals surface area contributed by atoms with Crippen LogP contribution in [-0.4, -0.2) is 14.1 Å². The number of aromatic nitrogens is 3. The first-order valence-electron chi connectivity index (χ1n) is 6.42. The zero-order chi connectivity index (χ0) is 14.0. The molecule has 0 aliphatic heterocycles. The maximum absolute atomic E-state index is 13.6. The van der Waals surface area contributed by atoms with Crippen LogP contribution in [0.15, 0.2) is 27.6 Å². The predicted molar refractivity (Wildman–Crippen MR) is 78.4 cm³/mol. The molecule has 0 radical (unpaired) electrons. The minimum atomic E-state index is -0.347. The predicted octanol–water partition coefficient (Wildman–Crippen LogP) is 3.12. The van der Waals surface area contributed by atoms with E-state index in [-0.39, 0.29) is 17.5 Å². The van der Waals surface area contributed by atoms with E-state index >= 15 is 0 Å². The minimum absolute atomic E-state index is 0.0303. The van der Waals surface area contributed by atoms with Gasteiger partial charge in [0.05, 0.1) is 27.2 Å². The lowest BCUT2D eigenvalue weighted by Crippen LogP contribution is -2.21. The zero-order valence-corrected chi connectivity index (χ0v) is 12.3. The lowest BCUT2D eigenvalue weighted by molar-refractivity contribution is 0.623. The van der Waals surface area contributed by atoms with Crippen LogP contribution in [-0.2, 0) is 7.05 Å². The summed E-state index contributed by atoms with van der Waals surface area (Å²) < 4.78 is 17.5. The molecule has 0 unspecified atom stereocenters. The van der Waals surface area contributed by atoms with Crippen LogP contribution in [0.4, 0.5) is 4.39 Å². The second kappa shape index (κ2) is 3.91. The van der Waals surface area contributed by atoms with Gasteiger partial charge in [0.1, 0.15) is 5.82 Å². The zero-order valence-electron chi connectivity index (χ0n) is 10.7. The third-order valence-corrected chi connectivity index (χ3v) is 4.48. The molecule has 1 aliphatic carbocycles. The van der Waals surface area contributed by atoms with Crippen molar-refractivity contribution < 1.29 is 4.39 Å². The van der Waals surface area contributed by atoms with E-state index in [1.807, 2.05) is 4.57 Å². The number of fused-ring (bicyclic) bond motifs is 3. The van der Waals surface area contributed by atoms with Gasteiger partial charge in [0.15, 0.2) is 0 Å². The van der Waals surface area contributed by atoms with E-state index in [2.05, 4.69) is 20.9 Å². The van der Waals surface area contributed by atoms with Crippen molar-refractivity contribution in [3.05, 3.63) is 39.1 Å². The molecule has 2 aromatic heterocycles. The van der Waals surface area contributed by atoms with Gasteiger partial charge in [-0.25, -0.2) is 9.18 Å². The van der Waals surface area contributed by atoms with Gasteiger partial charge in [-0.3, -0.25) is 14.1 Å². The fourth-order valence-corrected chi connectivity index (χ4v) is 3.04. The van der Waals surface area contributed by atoms with Gasteiger partial charge in [-0.15, -0.1) is 0 Å². The van der Waals surface area contributed by atoms with E-state index in [4.69, 9.17) is 0 Å². The number of nitrogens with zero attached hydrogens (tertiary/aromatic N) is 3. The highest BCUT2D eigenvalue weighted by Crippen LogP contribution is 2.38. The average molecular weight is 336 g/mol. The highest BCUT2D eigenvalue weighted by atomic mass is 79.9. The summed E-state index contributed by atoms with van der Waals surface area (Å²) in [6, 6.07) is 3.37. The van der Waals surface area contributed by atoms with Crippen LogP contribution in [0.5, 0.6) is 0 Å². The Kier molecular flexibility index (Phi) is 2.36. The third kappa shape index (κ3) is 1.51. The van der Waals surface area contributed by atoms with Crippen LogP contribution in [0.1, 0.15) is 18.9 Å². The highest BCUT2D eigenvalue weighted by molar-refractivity contribution is 9.10. The van der Waals surface area contributed by atoms with Crippen LogP contribution < -0.4 is 5.69 Å². The number of halogens is 2. The van der Waals surface area contributed by atoms with E-state index in [1.54, 1.807) is 23.9 Å². The molecule has 1 aromatic carbocycles. The van der Waals surface area contributed by atoms with E-state index in [1.165, 1.54) is 6.07 Å². The smallest absolute Gasteiger partial charge is 0.293 e. The molecule has 4 rings (SSSR count). The third-order valence-electron chi connectivity index (χ3n) is 3.87. The van der Waals surface area contributed by atoms with E-state index < -0.39 is 0 Å². The largest absolute Gasteiger partial charge is 0.329 e. The first-order chi connectivity index (χ1) is 9.58. The van der Waals surface area contributed by atoms with E-state index in [9.17, 15) is 9.18 Å². The molecule has 0 amide bonds. The number of aryl methyl sites for hydroxylation is 1. The van der Waals surface area contributed by atoms with Gasteiger partial charge >= 0.3 is 5.69 Å². The van der Waals surface area contributed by atoms with Gasteiger partial charge in [-0.1, -0.05) is 0 Å². The van der Waals surface area contributed by atoms with Gasteiger partial charge in [-0.2, -0.15) is 0 Å². The van der Waals surface area contributed by atoms with E-state index in [0.717, 1.165) is 29.3 Å². The highest BCUT2D eigenvalue weighted by Gasteiger charge is 2.29. The number of benzene rings is 1. The van der Waals surface area contributed by atoms with Crippen molar-refractivity contribution in [3.8, 4) is 0 Å². The van der Waals surface area contributed by atoms with Crippen molar-refractivity contribution in [3.63, 3.8) is 0 Å². The number of imidazole rings is 1. The lowest BCUT2D eigenvalue weighted by atomic mass is 10.2. The number of hydrogen-bond acceptors (Lipinski definition) is 2. The monoisotopic (exact) mass is 335 g/mol. The quantitative estimate of drug-likeness (QED) is 0.685. The topological polar surface area (TPSA) is 39.8 Å². The average Bonchev–Trinajstić information content (AvgIpc) is 3.21. The molecule has 3 aromatic rings. The first kappa shape index (κ1) is 12.1. The van der Waals surface area contributed by atoms with Crippen LogP contribution in [0.2, 0.25) is 0 Å². The molecule has 1 fully saturated rings. The van der Waals surface area contributed by atoms with Gasteiger partial charge in [0, 0.05) is 24.5 Å². The summed E-state index contributed by atoms with van der Waals surface area (Å²) in [5.41, 5.74) is 2.18. The fourth-order valence-electron chi connectivity index (χ4n) is 2.69. The molecule has 1 aliphatic rings. The molecule has 1 saturated carbocycles. The number of hydrogen-bond donors (Lipinski definition) is 0. The Bertz CT molecular complexity index is 924. The van der Waals surface area contributed by atoms with Crippen LogP contribution >= 0.6 is 15.9 Å². The summed E-state index contributed by atoms with van der Waals surface area (Å²) in [5, 5.41) is 0.806. The van der Waals surface area contributed by atoms with Crippen LogP contribution in [0.25, 0.3) is 21.9 Å². The summed E-state index contributed by atoms with van der Waals surface area (Å²) >= 11 is 3.21. The molecule has 6 heteroatoms. The molecule has 0 saturated heterocycles. The Balaban J connectivity index is 2.26. The maximum Gasteiger partial charge on any atom is 0.329 e. The molecule has 0 atom stereocenters. The van der Waals surface area contributed by atoms with Crippen molar-refractivity contribution >= 4 is 37.9 Å². The SMILES string of the molecule is Cn1c(=O)n(C2CC2)c2c3cc(Br)c(F)cc3ncc21. The van der Waals surface area contributed by atoms with Crippen molar-refractivity contribution in [2.75, 3.05) is 0 Å². The van der Waals surface area contributed by atoms with Crippen molar-refractivity contribution in [2.45, 2.75) is 18.9 Å².